The molecule has 0 aromatic carbocycles. The maximum absolute atomic E-state index is 5.55. The topological polar surface area (TPSA) is 24.5 Å². The second-order valence-electron chi connectivity index (χ2n) is 5.77. The van der Waals surface area contributed by atoms with Crippen LogP contribution in [0.2, 0.25) is 0 Å². The number of hydrogen-bond acceptors (Lipinski definition) is 3. The molecule has 0 radical (unpaired) electrons. The minimum Gasteiger partial charge on any atom is -0.381 e. The van der Waals surface area contributed by atoms with E-state index in [4.69, 9.17) is 4.74 Å². The van der Waals surface area contributed by atoms with Crippen molar-refractivity contribution in [1.82, 2.24) is 10.2 Å². The predicted octanol–water partition coefficient (Wildman–Crippen LogP) is 1.24. The molecule has 0 aromatic rings. The zero-order valence-electron chi connectivity index (χ0n) is 10.2. The first-order valence-electron chi connectivity index (χ1n) is 6.96. The van der Waals surface area contributed by atoms with Crippen molar-refractivity contribution in [2.24, 2.45) is 5.92 Å². The van der Waals surface area contributed by atoms with Crippen LogP contribution in [0, 0.1) is 5.92 Å². The van der Waals surface area contributed by atoms with Crippen molar-refractivity contribution in [3.63, 3.8) is 0 Å². The van der Waals surface area contributed by atoms with E-state index in [1.54, 1.807) is 0 Å². The largest absolute Gasteiger partial charge is 0.381 e. The number of ether oxygens (including phenoxy) is 1. The SMILES string of the molecule is C1COCC(CN2CCC(NC3CC3)C2)C1. The van der Waals surface area contributed by atoms with Crippen LogP contribution in [0.4, 0.5) is 0 Å². The Morgan fingerprint density at radius 3 is 2.81 bits per heavy atom. The smallest absolute Gasteiger partial charge is 0.0506 e. The second kappa shape index (κ2) is 5.03. The summed E-state index contributed by atoms with van der Waals surface area (Å²) in [5, 5.41) is 3.75. The summed E-state index contributed by atoms with van der Waals surface area (Å²) in [6, 6.07) is 1.64. The van der Waals surface area contributed by atoms with E-state index < -0.39 is 0 Å². The Balaban J connectivity index is 1.38. The van der Waals surface area contributed by atoms with Crippen LogP contribution < -0.4 is 5.32 Å². The third-order valence-corrected chi connectivity index (χ3v) is 4.09. The van der Waals surface area contributed by atoms with E-state index in [1.807, 2.05) is 0 Å². The number of nitrogens with zero attached hydrogens (tertiary/aromatic N) is 1. The van der Waals surface area contributed by atoms with Crippen LogP contribution in [-0.4, -0.2) is 49.8 Å². The summed E-state index contributed by atoms with van der Waals surface area (Å²) in [4.78, 5) is 2.64. The molecule has 3 aliphatic rings. The lowest BCUT2D eigenvalue weighted by Crippen LogP contribution is -2.36. The molecule has 2 saturated heterocycles. The zero-order chi connectivity index (χ0) is 10.8. The highest BCUT2D eigenvalue weighted by Crippen LogP contribution is 2.23. The number of nitrogens with one attached hydrogen (secondary N) is 1. The van der Waals surface area contributed by atoms with Crippen LogP contribution in [0.5, 0.6) is 0 Å². The van der Waals surface area contributed by atoms with Crippen molar-refractivity contribution in [2.75, 3.05) is 32.8 Å². The van der Waals surface area contributed by atoms with Crippen molar-refractivity contribution < 1.29 is 4.74 Å². The summed E-state index contributed by atoms with van der Waals surface area (Å²) in [5.74, 6) is 0.799. The Morgan fingerprint density at radius 2 is 2.06 bits per heavy atom. The van der Waals surface area contributed by atoms with E-state index in [1.165, 1.54) is 51.7 Å². The zero-order valence-corrected chi connectivity index (χ0v) is 10.2. The van der Waals surface area contributed by atoms with E-state index in [0.29, 0.717) is 0 Å². The summed E-state index contributed by atoms with van der Waals surface area (Å²) < 4.78 is 5.55. The van der Waals surface area contributed by atoms with Crippen LogP contribution in [0.15, 0.2) is 0 Å². The summed E-state index contributed by atoms with van der Waals surface area (Å²) >= 11 is 0. The third-order valence-electron chi connectivity index (χ3n) is 4.09. The van der Waals surface area contributed by atoms with Gasteiger partial charge in [-0.15, -0.1) is 0 Å². The molecule has 3 rings (SSSR count). The van der Waals surface area contributed by atoms with Gasteiger partial charge in [0.1, 0.15) is 0 Å². The van der Waals surface area contributed by atoms with Gasteiger partial charge in [0.25, 0.3) is 0 Å². The molecule has 16 heavy (non-hydrogen) atoms. The molecule has 2 aliphatic heterocycles. The maximum Gasteiger partial charge on any atom is 0.0506 e. The molecule has 2 heterocycles. The van der Waals surface area contributed by atoms with Gasteiger partial charge in [-0.25, -0.2) is 0 Å². The first-order chi connectivity index (χ1) is 7.90. The summed E-state index contributed by atoms with van der Waals surface area (Å²) in [7, 11) is 0. The summed E-state index contributed by atoms with van der Waals surface area (Å²) in [5.41, 5.74) is 0. The van der Waals surface area contributed by atoms with Gasteiger partial charge in [-0.2, -0.15) is 0 Å². The van der Waals surface area contributed by atoms with Gasteiger partial charge in [-0.1, -0.05) is 0 Å². The van der Waals surface area contributed by atoms with Crippen molar-refractivity contribution in [2.45, 2.75) is 44.2 Å². The van der Waals surface area contributed by atoms with Gasteiger partial charge in [0.2, 0.25) is 0 Å². The molecule has 2 unspecified atom stereocenters. The molecule has 1 aliphatic carbocycles. The molecule has 0 amide bonds. The predicted molar refractivity (Wildman–Crippen MR) is 64.5 cm³/mol. The quantitative estimate of drug-likeness (QED) is 0.777. The highest BCUT2D eigenvalue weighted by atomic mass is 16.5. The van der Waals surface area contributed by atoms with Crippen molar-refractivity contribution in [3.05, 3.63) is 0 Å². The molecule has 3 fully saturated rings. The Labute approximate surface area is 98.5 Å². The monoisotopic (exact) mass is 224 g/mol. The van der Waals surface area contributed by atoms with Crippen molar-refractivity contribution in [3.8, 4) is 0 Å². The fourth-order valence-electron chi connectivity index (χ4n) is 3.03. The summed E-state index contributed by atoms with van der Waals surface area (Å²) in [6.45, 7) is 5.82. The average molecular weight is 224 g/mol. The van der Waals surface area contributed by atoms with E-state index in [0.717, 1.165) is 31.2 Å². The van der Waals surface area contributed by atoms with Crippen LogP contribution in [-0.2, 0) is 4.74 Å². The van der Waals surface area contributed by atoms with Gasteiger partial charge in [0, 0.05) is 31.8 Å². The lowest BCUT2D eigenvalue weighted by atomic mass is 10.0. The number of likely N-dealkylation sites (tertiary alicyclic amines) is 1. The first-order valence-corrected chi connectivity index (χ1v) is 6.96. The fourth-order valence-corrected chi connectivity index (χ4v) is 3.03. The lowest BCUT2D eigenvalue weighted by molar-refractivity contribution is 0.0415. The van der Waals surface area contributed by atoms with Gasteiger partial charge in [0.05, 0.1) is 6.61 Å². The number of rotatable bonds is 4. The van der Waals surface area contributed by atoms with Gasteiger partial charge in [-0.05, 0) is 44.6 Å². The highest BCUT2D eigenvalue weighted by molar-refractivity contribution is 4.90. The molecule has 0 aromatic heterocycles. The van der Waals surface area contributed by atoms with Crippen LogP contribution in [0.3, 0.4) is 0 Å². The van der Waals surface area contributed by atoms with Crippen LogP contribution in [0.25, 0.3) is 0 Å². The standard InChI is InChI=1S/C13H24N2O/c1-2-11(10-16-7-1)8-15-6-5-13(9-15)14-12-3-4-12/h11-14H,1-10H2. The van der Waals surface area contributed by atoms with Crippen LogP contribution in [0.1, 0.15) is 32.1 Å². The Kier molecular flexibility index (Phi) is 3.46. The molecular formula is C13H24N2O. The third kappa shape index (κ3) is 2.96. The molecule has 0 spiro atoms. The Hall–Kier alpha value is -0.120. The molecule has 92 valence electrons. The van der Waals surface area contributed by atoms with Gasteiger partial charge in [-0.3, -0.25) is 0 Å². The highest BCUT2D eigenvalue weighted by Gasteiger charge is 2.30. The van der Waals surface area contributed by atoms with Gasteiger partial charge >= 0.3 is 0 Å². The molecule has 2 atom stereocenters. The van der Waals surface area contributed by atoms with E-state index >= 15 is 0 Å². The maximum atomic E-state index is 5.55. The average Bonchev–Trinajstić information content (AvgIpc) is 3.01. The molecule has 0 bridgehead atoms. The second-order valence-corrected chi connectivity index (χ2v) is 5.77. The van der Waals surface area contributed by atoms with Gasteiger partial charge < -0.3 is 15.0 Å². The van der Waals surface area contributed by atoms with Crippen molar-refractivity contribution >= 4 is 0 Å². The molecule has 3 nitrogen and oxygen atoms in total. The first kappa shape index (κ1) is 11.0. The Morgan fingerprint density at radius 1 is 1.12 bits per heavy atom. The van der Waals surface area contributed by atoms with E-state index in [-0.39, 0.29) is 0 Å². The van der Waals surface area contributed by atoms with Gasteiger partial charge in [0.15, 0.2) is 0 Å². The van der Waals surface area contributed by atoms with Crippen LogP contribution >= 0.6 is 0 Å². The minimum absolute atomic E-state index is 0.775. The summed E-state index contributed by atoms with van der Waals surface area (Å²) in [6.07, 6.45) is 6.81. The van der Waals surface area contributed by atoms with E-state index in [2.05, 4.69) is 10.2 Å². The molecule has 1 saturated carbocycles. The Bertz CT molecular complexity index is 224. The molecule has 3 heteroatoms. The van der Waals surface area contributed by atoms with E-state index in [9.17, 15) is 0 Å². The normalized spacial score (nSPS) is 36.8. The molecule has 1 N–H and O–H groups in total. The molecular weight excluding hydrogens is 200 g/mol. The lowest BCUT2D eigenvalue weighted by Gasteiger charge is -2.27. The fraction of sp³-hybridized carbons (Fsp3) is 1.00. The minimum atomic E-state index is 0.775. The van der Waals surface area contributed by atoms with Crippen molar-refractivity contribution in [1.29, 1.82) is 0 Å². The number of hydrogen-bond donors (Lipinski definition) is 1.